The van der Waals surface area contributed by atoms with Gasteiger partial charge in [0.2, 0.25) is 0 Å². The Labute approximate surface area is 130 Å². The third-order valence-electron chi connectivity index (χ3n) is 4.43. The van der Waals surface area contributed by atoms with Crippen LogP contribution in [-0.2, 0) is 12.8 Å². The molecule has 2 aromatic carbocycles. The van der Waals surface area contributed by atoms with E-state index in [2.05, 4.69) is 35.1 Å². The molecule has 2 heterocycles. The van der Waals surface area contributed by atoms with E-state index in [1.165, 1.54) is 22.2 Å². The highest BCUT2D eigenvalue weighted by Crippen LogP contribution is 2.30. The molecule has 3 heteroatoms. The number of nitrogens with one attached hydrogen (secondary N) is 1. The fourth-order valence-electron chi connectivity index (χ4n) is 3.19. The van der Waals surface area contributed by atoms with Crippen molar-refractivity contribution in [3.8, 4) is 11.5 Å². The average Bonchev–Trinajstić information content (AvgIpc) is 2.78. The summed E-state index contributed by atoms with van der Waals surface area (Å²) in [5.74, 6) is 1.75. The number of aromatic amines is 1. The Hall–Kier alpha value is -2.26. The molecule has 3 nitrogen and oxygen atoms in total. The molecule has 112 valence electrons. The minimum atomic E-state index is 0.872. The predicted molar refractivity (Wildman–Crippen MR) is 89.7 cm³/mol. The zero-order chi connectivity index (χ0) is 14.9. The fraction of sp³-hybridized carbons (Fsp3) is 0.263. The fourth-order valence-corrected chi connectivity index (χ4v) is 3.19. The first-order valence-electron chi connectivity index (χ1n) is 7.84. The third-order valence-corrected chi connectivity index (χ3v) is 4.43. The molecule has 1 aliphatic heterocycles. The summed E-state index contributed by atoms with van der Waals surface area (Å²) in [6.45, 7) is 2.25. The number of hydrogen-bond acceptors (Lipinski definition) is 2. The minimum absolute atomic E-state index is 0.872. The Morgan fingerprint density at radius 2 is 1.77 bits per heavy atom. The van der Waals surface area contributed by atoms with Crippen LogP contribution < -0.4 is 4.74 Å². The van der Waals surface area contributed by atoms with Crippen LogP contribution in [0.5, 0.6) is 11.5 Å². The molecule has 0 fully saturated rings. The zero-order valence-corrected chi connectivity index (χ0v) is 12.8. The Bertz CT molecular complexity index is 792. The number of nitrogens with zero attached hydrogens (tertiary/aromatic N) is 1. The van der Waals surface area contributed by atoms with Crippen LogP contribution in [0.4, 0.5) is 0 Å². The lowest BCUT2D eigenvalue weighted by Crippen LogP contribution is -2.21. The first-order chi connectivity index (χ1) is 10.8. The normalized spacial score (nSPS) is 15.5. The zero-order valence-electron chi connectivity index (χ0n) is 12.8. The maximum Gasteiger partial charge on any atom is 0.129 e. The van der Waals surface area contributed by atoms with Gasteiger partial charge >= 0.3 is 0 Å². The molecule has 1 N–H and O–H groups in total. The summed E-state index contributed by atoms with van der Waals surface area (Å²) in [5, 5.41) is 1.34. The van der Waals surface area contributed by atoms with Crippen LogP contribution in [0.1, 0.15) is 11.3 Å². The van der Waals surface area contributed by atoms with Gasteiger partial charge in [0, 0.05) is 42.2 Å². The van der Waals surface area contributed by atoms with Gasteiger partial charge in [-0.3, -0.25) is 0 Å². The molecule has 0 saturated heterocycles. The van der Waals surface area contributed by atoms with Gasteiger partial charge < -0.3 is 14.6 Å². The van der Waals surface area contributed by atoms with Crippen molar-refractivity contribution in [2.75, 3.05) is 20.1 Å². The van der Waals surface area contributed by atoms with Gasteiger partial charge in [0.1, 0.15) is 11.5 Å². The minimum Gasteiger partial charge on any atom is -0.457 e. The third kappa shape index (κ3) is 2.48. The van der Waals surface area contributed by atoms with Crippen molar-refractivity contribution in [1.82, 2.24) is 9.88 Å². The first-order valence-corrected chi connectivity index (χ1v) is 7.84. The number of para-hydroxylation sites is 1. The summed E-state index contributed by atoms with van der Waals surface area (Å²) in [6.07, 6.45) is 2.21. The Balaban J connectivity index is 1.68. The summed E-state index contributed by atoms with van der Waals surface area (Å²) < 4.78 is 5.93. The van der Waals surface area contributed by atoms with Crippen LogP contribution in [0.15, 0.2) is 48.5 Å². The molecule has 4 rings (SSSR count). The molecule has 0 spiro atoms. The Morgan fingerprint density at radius 1 is 0.955 bits per heavy atom. The SMILES string of the molecule is CN1CCc2[nH]c3cc(Oc4ccccc4)ccc3c2CC1. The van der Waals surface area contributed by atoms with Gasteiger partial charge in [0.25, 0.3) is 0 Å². The lowest BCUT2D eigenvalue weighted by molar-refractivity contribution is 0.352. The number of aromatic nitrogens is 1. The van der Waals surface area contributed by atoms with E-state index in [1.807, 2.05) is 30.3 Å². The lowest BCUT2D eigenvalue weighted by atomic mass is 10.1. The van der Waals surface area contributed by atoms with E-state index >= 15 is 0 Å². The van der Waals surface area contributed by atoms with E-state index < -0.39 is 0 Å². The molecule has 0 aliphatic carbocycles. The second-order valence-corrected chi connectivity index (χ2v) is 6.01. The first kappa shape index (κ1) is 13.4. The number of benzene rings is 2. The molecule has 0 atom stereocenters. The highest BCUT2D eigenvalue weighted by Gasteiger charge is 2.16. The topological polar surface area (TPSA) is 28.3 Å². The van der Waals surface area contributed by atoms with Crippen LogP contribution in [0.2, 0.25) is 0 Å². The summed E-state index contributed by atoms with van der Waals surface area (Å²) in [5.41, 5.74) is 4.05. The van der Waals surface area contributed by atoms with Crippen molar-refractivity contribution < 1.29 is 4.74 Å². The number of likely N-dealkylation sites (N-methyl/N-ethyl adjacent to an activating group) is 1. The van der Waals surface area contributed by atoms with E-state index in [4.69, 9.17) is 4.74 Å². The van der Waals surface area contributed by atoms with Crippen LogP contribution in [-0.4, -0.2) is 30.0 Å². The van der Waals surface area contributed by atoms with Crippen molar-refractivity contribution in [2.24, 2.45) is 0 Å². The Morgan fingerprint density at radius 3 is 2.64 bits per heavy atom. The van der Waals surface area contributed by atoms with Gasteiger partial charge in [0.05, 0.1) is 0 Å². The molecule has 1 aliphatic rings. The number of rotatable bonds is 2. The molecule has 0 unspecified atom stereocenters. The second-order valence-electron chi connectivity index (χ2n) is 6.01. The van der Waals surface area contributed by atoms with E-state index in [0.29, 0.717) is 0 Å². The Kier molecular flexibility index (Phi) is 3.35. The predicted octanol–water partition coefficient (Wildman–Crippen LogP) is 3.99. The van der Waals surface area contributed by atoms with Crippen molar-refractivity contribution in [3.05, 3.63) is 59.8 Å². The smallest absolute Gasteiger partial charge is 0.129 e. The van der Waals surface area contributed by atoms with Gasteiger partial charge in [-0.25, -0.2) is 0 Å². The number of H-pyrrole nitrogens is 1. The summed E-state index contributed by atoms with van der Waals surface area (Å²) in [4.78, 5) is 5.99. The van der Waals surface area contributed by atoms with Gasteiger partial charge in [-0.2, -0.15) is 0 Å². The number of fused-ring (bicyclic) bond motifs is 3. The molecule has 1 aromatic heterocycles. The largest absolute Gasteiger partial charge is 0.457 e. The van der Waals surface area contributed by atoms with Gasteiger partial charge in [-0.15, -0.1) is 0 Å². The van der Waals surface area contributed by atoms with Crippen LogP contribution in [0.3, 0.4) is 0 Å². The highest BCUT2D eigenvalue weighted by molar-refractivity contribution is 5.86. The monoisotopic (exact) mass is 292 g/mol. The molecule has 0 bridgehead atoms. The highest BCUT2D eigenvalue weighted by atomic mass is 16.5. The van der Waals surface area contributed by atoms with Crippen molar-refractivity contribution in [1.29, 1.82) is 0 Å². The van der Waals surface area contributed by atoms with E-state index in [1.54, 1.807) is 0 Å². The molecule has 0 amide bonds. The summed E-state index contributed by atoms with van der Waals surface area (Å²) in [7, 11) is 2.19. The van der Waals surface area contributed by atoms with E-state index in [-0.39, 0.29) is 0 Å². The summed E-state index contributed by atoms with van der Waals surface area (Å²) in [6, 6.07) is 16.3. The van der Waals surface area contributed by atoms with Crippen LogP contribution >= 0.6 is 0 Å². The maximum atomic E-state index is 5.93. The molecule has 22 heavy (non-hydrogen) atoms. The van der Waals surface area contributed by atoms with Crippen molar-refractivity contribution in [2.45, 2.75) is 12.8 Å². The lowest BCUT2D eigenvalue weighted by Gasteiger charge is -2.11. The molecule has 0 radical (unpaired) electrons. The van der Waals surface area contributed by atoms with E-state index in [9.17, 15) is 0 Å². The van der Waals surface area contributed by atoms with Gasteiger partial charge in [-0.05, 0) is 43.3 Å². The molecular weight excluding hydrogens is 272 g/mol. The van der Waals surface area contributed by atoms with Gasteiger partial charge in [0.15, 0.2) is 0 Å². The average molecular weight is 292 g/mol. The van der Waals surface area contributed by atoms with Gasteiger partial charge in [-0.1, -0.05) is 18.2 Å². The van der Waals surface area contributed by atoms with Crippen LogP contribution in [0, 0.1) is 0 Å². The standard InChI is InChI=1S/C19H20N2O/c1-21-11-9-17-16-8-7-15(22-14-5-3-2-4-6-14)13-19(16)20-18(17)10-12-21/h2-8,13,20H,9-12H2,1H3. The molecule has 3 aromatic rings. The van der Waals surface area contributed by atoms with Crippen molar-refractivity contribution in [3.63, 3.8) is 0 Å². The maximum absolute atomic E-state index is 5.93. The number of ether oxygens (including phenoxy) is 1. The summed E-state index contributed by atoms with van der Waals surface area (Å²) >= 11 is 0. The van der Waals surface area contributed by atoms with Crippen molar-refractivity contribution >= 4 is 10.9 Å². The molecule has 0 saturated carbocycles. The van der Waals surface area contributed by atoms with Crippen LogP contribution in [0.25, 0.3) is 10.9 Å². The number of hydrogen-bond donors (Lipinski definition) is 1. The molecular formula is C19H20N2O. The quantitative estimate of drug-likeness (QED) is 0.773. The van der Waals surface area contributed by atoms with E-state index in [0.717, 1.165) is 37.4 Å². The second kappa shape index (κ2) is 5.50.